The molecule has 0 saturated carbocycles. The molecule has 0 aliphatic heterocycles. The SMILES string of the molecule is C=C(C)C(=C(C)C)P(CC(C)(C)C)C(C(=C)C)=C(C)C. The Kier molecular flexibility index (Phi) is 7.19. The van der Waals surface area contributed by atoms with E-state index in [1.807, 2.05) is 0 Å². The first kappa shape index (κ1) is 19.4. The van der Waals surface area contributed by atoms with Crippen molar-refractivity contribution >= 4 is 7.92 Å². The van der Waals surface area contributed by atoms with Crippen LogP contribution in [0.5, 0.6) is 0 Å². The average molecular weight is 292 g/mol. The van der Waals surface area contributed by atoms with Crippen LogP contribution in [-0.2, 0) is 0 Å². The molecule has 0 bridgehead atoms. The second-order valence-electron chi connectivity index (χ2n) is 7.40. The number of allylic oxidation sites excluding steroid dienone is 6. The van der Waals surface area contributed by atoms with Crippen LogP contribution in [0.1, 0.15) is 62.3 Å². The Bertz CT molecular complexity index is 409. The Morgan fingerprint density at radius 2 is 1.05 bits per heavy atom. The van der Waals surface area contributed by atoms with Crippen molar-refractivity contribution < 1.29 is 0 Å². The minimum absolute atomic E-state index is 0.304. The summed E-state index contributed by atoms with van der Waals surface area (Å²) in [4.78, 5) is 0. The third-order valence-corrected chi connectivity index (χ3v) is 6.93. The van der Waals surface area contributed by atoms with E-state index < -0.39 is 0 Å². The normalized spacial score (nSPS) is 11.3. The van der Waals surface area contributed by atoms with E-state index >= 15 is 0 Å². The van der Waals surface area contributed by atoms with Crippen LogP contribution in [0.3, 0.4) is 0 Å². The quantitative estimate of drug-likeness (QED) is 0.369. The Hall–Kier alpha value is -0.610. The Morgan fingerprint density at radius 1 is 0.750 bits per heavy atom. The fourth-order valence-corrected chi connectivity index (χ4v) is 6.09. The van der Waals surface area contributed by atoms with Crippen LogP contribution in [0.25, 0.3) is 0 Å². The summed E-state index contributed by atoms with van der Waals surface area (Å²) in [6.07, 6.45) is 1.18. The van der Waals surface area contributed by atoms with Crippen LogP contribution in [0, 0.1) is 5.41 Å². The van der Waals surface area contributed by atoms with Crippen molar-refractivity contribution in [2.45, 2.75) is 62.3 Å². The number of rotatable bonds is 5. The van der Waals surface area contributed by atoms with Gasteiger partial charge in [-0.05, 0) is 71.7 Å². The molecule has 0 heterocycles. The Morgan fingerprint density at radius 3 is 1.20 bits per heavy atom. The van der Waals surface area contributed by atoms with Gasteiger partial charge in [0.15, 0.2) is 0 Å². The Balaban J connectivity index is 6.12. The van der Waals surface area contributed by atoms with Crippen LogP contribution < -0.4 is 0 Å². The zero-order valence-electron chi connectivity index (χ0n) is 15.1. The molecule has 0 atom stereocenters. The predicted octanol–water partition coefficient (Wildman–Crippen LogP) is 7.25. The minimum Gasteiger partial charge on any atom is -0.0955 e. The van der Waals surface area contributed by atoms with E-state index in [2.05, 4.69) is 75.5 Å². The first-order chi connectivity index (χ1) is 8.88. The fraction of sp³-hybridized carbons (Fsp3) is 0.579. The van der Waals surface area contributed by atoms with Gasteiger partial charge in [0.2, 0.25) is 0 Å². The second-order valence-corrected chi connectivity index (χ2v) is 9.47. The summed E-state index contributed by atoms with van der Waals surface area (Å²) < 4.78 is 0. The van der Waals surface area contributed by atoms with Gasteiger partial charge in [-0.3, -0.25) is 0 Å². The largest absolute Gasteiger partial charge is 0.0955 e. The van der Waals surface area contributed by atoms with E-state index in [1.165, 1.54) is 39.1 Å². The summed E-state index contributed by atoms with van der Waals surface area (Å²) in [5.74, 6) is 0. The summed E-state index contributed by atoms with van der Waals surface area (Å²) in [6, 6.07) is 0. The van der Waals surface area contributed by atoms with E-state index in [-0.39, 0.29) is 7.92 Å². The molecule has 0 fully saturated rings. The molecule has 1 heteroatoms. The molecule has 0 radical (unpaired) electrons. The van der Waals surface area contributed by atoms with Crippen molar-refractivity contribution in [3.05, 3.63) is 46.1 Å². The van der Waals surface area contributed by atoms with Crippen molar-refractivity contribution in [3.8, 4) is 0 Å². The van der Waals surface area contributed by atoms with Gasteiger partial charge >= 0.3 is 0 Å². The summed E-state index contributed by atoms with van der Waals surface area (Å²) in [5.41, 5.74) is 5.51. The molecule has 0 aliphatic carbocycles. The third-order valence-electron chi connectivity index (χ3n) is 2.93. The molecular weight excluding hydrogens is 259 g/mol. The molecule has 0 saturated heterocycles. The van der Waals surface area contributed by atoms with E-state index in [4.69, 9.17) is 0 Å². The van der Waals surface area contributed by atoms with Gasteiger partial charge in [-0.25, -0.2) is 0 Å². The zero-order chi connectivity index (χ0) is 16.2. The lowest BCUT2D eigenvalue weighted by molar-refractivity contribution is 0.478. The van der Waals surface area contributed by atoms with Gasteiger partial charge in [-0.2, -0.15) is 0 Å². The number of hydrogen-bond donors (Lipinski definition) is 0. The van der Waals surface area contributed by atoms with Crippen LogP contribution >= 0.6 is 7.92 Å². The van der Waals surface area contributed by atoms with Crippen molar-refractivity contribution in [1.29, 1.82) is 0 Å². The lowest BCUT2D eigenvalue weighted by atomic mass is 10.0. The molecule has 0 spiro atoms. The first-order valence-corrected chi connectivity index (χ1v) is 8.85. The van der Waals surface area contributed by atoms with Crippen LogP contribution in [0.15, 0.2) is 46.1 Å². The van der Waals surface area contributed by atoms with Gasteiger partial charge in [0, 0.05) is 0 Å². The lowest BCUT2D eigenvalue weighted by Crippen LogP contribution is -2.13. The summed E-state index contributed by atoms with van der Waals surface area (Å²) in [5, 5.41) is 2.93. The topological polar surface area (TPSA) is 0 Å². The molecule has 0 aromatic rings. The van der Waals surface area contributed by atoms with Crippen molar-refractivity contribution in [2.24, 2.45) is 5.41 Å². The van der Waals surface area contributed by atoms with Gasteiger partial charge in [-0.1, -0.05) is 56.2 Å². The predicted molar refractivity (Wildman–Crippen MR) is 97.6 cm³/mol. The van der Waals surface area contributed by atoms with Gasteiger partial charge in [0.05, 0.1) is 0 Å². The van der Waals surface area contributed by atoms with Crippen molar-refractivity contribution in [2.75, 3.05) is 6.16 Å². The van der Waals surface area contributed by atoms with Gasteiger partial charge < -0.3 is 0 Å². The zero-order valence-corrected chi connectivity index (χ0v) is 16.0. The van der Waals surface area contributed by atoms with E-state index in [9.17, 15) is 0 Å². The van der Waals surface area contributed by atoms with Crippen LogP contribution in [-0.4, -0.2) is 6.16 Å². The van der Waals surface area contributed by atoms with Crippen molar-refractivity contribution in [1.82, 2.24) is 0 Å². The van der Waals surface area contributed by atoms with Crippen LogP contribution in [0.2, 0.25) is 0 Å². The van der Waals surface area contributed by atoms with Gasteiger partial charge in [0.1, 0.15) is 0 Å². The molecule has 0 unspecified atom stereocenters. The highest BCUT2D eigenvalue weighted by atomic mass is 31.1. The summed E-state index contributed by atoms with van der Waals surface area (Å²) >= 11 is 0. The second kappa shape index (κ2) is 7.41. The molecule has 0 rings (SSSR count). The molecule has 0 aromatic carbocycles. The average Bonchev–Trinajstić information content (AvgIpc) is 2.11. The third kappa shape index (κ3) is 5.80. The maximum Gasteiger partial charge on any atom is -0.0185 e. The molecule has 0 amide bonds. The highest BCUT2D eigenvalue weighted by Crippen LogP contribution is 2.61. The maximum atomic E-state index is 4.23. The first-order valence-electron chi connectivity index (χ1n) is 7.32. The molecule has 0 N–H and O–H groups in total. The Labute approximate surface area is 128 Å². The van der Waals surface area contributed by atoms with Crippen molar-refractivity contribution in [3.63, 3.8) is 0 Å². The highest BCUT2D eigenvalue weighted by Gasteiger charge is 2.27. The monoisotopic (exact) mass is 292 g/mol. The number of hydrogen-bond acceptors (Lipinski definition) is 0. The summed E-state index contributed by atoms with van der Waals surface area (Å²) in [7, 11) is -0.373. The smallest absolute Gasteiger partial charge is 0.0185 e. The van der Waals surface area contributed by atoms with E-state index in [0.717, 1.165) is 0 Å². The summed E-state index contributed by atoms with van der Waals surface area (Å²) in [6.45, 7) is 28.6. The molecule has 0 nitrogen and oxygen atoms in total. The minimum atomic E-state index is -0.373. The lowest BCUT2D eigenvalue weighted by Gasteiger charge is -2.33. The molecule has 0 aliphatic rings. The van der Waals surface area contributed by atoms with Crippen LogP contribution in [0.4, 0.5) is 0 Å². The van der Waals surface area contributed by atoms with E-state index in [1.54, 1.807) is 0 Å². The molecule has 20 heavy (non-hydrogen) atoms. The molecule has 0 aromatic heterocycles. The molecular formula is C19H33P. The van der Waals surface area contributed by atoms with E-state index in [0.29, 0.717) is 5.41 Å². The highest BCUT2D eigenvalue weighted by molar-refractivity contribution is 7.67. The molecule has 114 valence electrons. The standard InChI is InChI=1S/C19H33P/c1-13(2)17(14(3)4)20(12-19(9,10)11)18(15(5)6)16(7)8/h1,5,12H2,2-4,6-11H3. The fourth-order valence-electron chi connectivity index (χ4n) is 2.60. The van der Waals surface area contributed by atoms with Gasteiger partial charge in [-0.15, -0.1) is 0 Å². The maximum absolute atomic E-state index is 4.23. The van der Waals surface area contributed by atoms with Gasteiger partial charge in [0.25, 0.3) is 0 Å².